The Bertz CT molecular complexity index is 256. The Morgan fingerprint density at radius 3 is 2.92 bits per heavy atom. The van der Waals surface area contributed by atoms with Crippen LogP contribution in [0.25, 0.3) is 0 Å². The van der Waals surface area contributed by atoms with Crippen molar-refractivity contribution in [2.24, 2.45) is 0 Å². The van der Waals surface area contributed by atoms with Crippen molar-refractivity contribution in [3.05, 3.63) is 36.0 Å². The van der Waals surface area contributed by atoms with Crippen LogP contribution in [0.1, 0.15) is 26.2 Å². The molecule has 1 aliphatic rings. The minimum atomic E-state index is 0.278. The first-order chi connectivity index (χ1) is 5.77. The lowest BCUT2D eigenvalue weighted by Crippen LogP contribution is -2.07. The Labute approximate surface area is 73.5 Å². The highest BCUT2D eigenvalue weighted by Gasteiger charge is 2.13. The van der Waals surface area contributed by atoms with Crippen molar-refractivity contribution in [2.45, 2.75) is 26.2 Å². The number of carbonyl (C=O) groups is 1. The van der Waals surface area contributed by atoms with E-state index in [0.29, 0.717) is 12.8 Å². The molecule has 1 nitrogen and oxygen atoms in total. The van der Waals surface area contributed by atoms with Gasteiger partial charge in [0.1, 0.15) is 0 Å². The van der Waals surface area contributed by atoms with Crippen LogP contribution in [0.4, 0.5) is 0 Å². The number of rotatable bonds is 2. The summed E-state index contributed by atoms with van der Waals surface area (Å²) < 4.78 is 0. The molecule has 0 aromatic rings. The molecule has 0 radical (unpaired) electrons. The molecule has 64 valence electrons. The molecule has 0 aromatic heterocycles. The van der Waals surface area contributed by atoms with E-state index in [1.165, 1.54) is 5.57 Å². The quantitative estimate of drug-likeness (QED) is 0.570. The first-order valence-corrected chi connectivity index (χ1v) is 4.27. The third kappa shape index (κ3) is 1.94. The van der Waals surface area contributed by atoms with Gasteiger partial charge < -0.3 is 0 Å². The fraction of sp³-hybridized carbons (Fsp3) is 0.364. The number of ketones is 1. The van der Waals surface area contributed by atoms with Gasteiger partial charge in [-0.3, -0.25) is 4.79 Å². The molecular formula is C11H14O. The lowest BCUT2D eigenvalue weighted by atomic mass is 9.92. The molecule has 0 heterocycles. The van der Waals surface area contributed by atoms with Crippen molar-refractivity contribution in [3.8, 4) is 0 Å². The molecule has 0 aromatic carbocycles. The Morgan fingerprint density at radius 1 is 1.58 bits per heavy atom. The smallest absolute Gasteiger partial charge is 0.159 e. The standard InChI is InChI=1S/C11H14O/c1-3-5-10-8-9(4-2)6-7-11(10)12/h3-4,8H,1,5-7H2,2H3. The number of carbonyl (C=O) groups excluding carboxylic acids is 1. The summed E-state index contributed by atoms with van der Waals surface area (Å²) in [5, 5.41) is 0. The molecule has 0 unspecified atom stereocenters. The zero-order valence-electron chi connectivity index (χ0n) is 7.47. The van der Waals surface area contributed by atoms with E-state index in [1.54, 1.807) is 6.08 Å². The first kappa shape index (κ1) is 8.98. The van der Waals surface area contributed by atoms with Crippen LogP contribution in [-0.4, -0.2) is 5.78 Å². The van der Waals surface area contributed by atoms with E-state index in [4.69, 9.17) is 0 Å². The molecule has 1 aliphatic carbocycles. The summed E-state index contributed by atoms with van der Waals surface area (Å²) in [6, 6.07) is 0. The average Bonchev–Trinajstić information content (AvgIpc) is 2.09. The highest BCUT2D eigenvalue weighted by molar-refractivity contribution is 5.97. The predicted octanol–water partition coefficient (Wildman–Crippen LogP) is 2.80. The van der Waals surface area contributed by atoms with Gasteiger partial charge in [0.05, 0.1) is 0 Å². The molecule has 0 aliphatic heterocycles. The Hall–Kier alpha value is -1.11. The molecule has 0 spiro atoms. The molecule has 0 atom stereocenters. The zero-order valence-corrected chi connectivity index (χ0v) is 7.47. The minimum Gasteiger partial charge on any atom is -0.295 e. The maximum absolute atomic E-state index is 11.3. The molecule has 12 heavy (non-hydrogen) atoms. The second-order valence-corrected chi connectivity index (χ2v) is 2.95. The van der Waals surface area contributed by atoms with Gasteiger partial charge in [-0.25, -0.2) is 0 Å². The molecule has 0 saturated carbocycles. The van der Waals surface area contributed by atoms with Crippen LogP contribution in [0.5, 0.6) is 0 Å². The van der Waals surface area contributed by atoms with E-state index in [9.17, 15) is 4.79 Å². The van der Waals surface area contributed by atoms with Gasteiger partial charge in [-0.2, -0.15) is 0 Å². The van der Waals surface area contributed by atoms with Crippen LogP contribution in [-0.2, 0) is 4.79 Å². The highest BCUT2D eigenvalue weighted by Crippen LogP contribution is 2.21. The normalized spacial score (nSPS) is 20.9. The van der Waals surface area contributed by atoms with Crippen LogP contribution in [0.2, 0.25) is 0 Å². The molecule has 0 saturated heterocycles. The van der Waals surface area contributed by atoms with Crippen LogP contribution in [0.15, 0.2) is 36.0 Å². The van der Waals surface area contributed by atoms with Crippen LogP contribution < -0.4 is 0 Å². The van der Waals surface area contributed by atoms with Crippen molar-refractivity contribution >= 4 is 5.78 Å². The van der Waals surface area contributed by atoms with Gasteiger partial charge in [0, 0.05) is 6.42 Å². The van der Waals surface area contributed by atoms with Gasteiger partial charge in [0.25, 0.3) is 0 Å². The molecule has 0 bridgehead atoms. The number of hydrogen-bond donors (Lipinski definition) is 0. The number of Topliss-reactive ketones (excluding diaryl/α,β-unsaturated/α-hetero) is 1. The van der Waals surface area contributed by atoms with Crippen molar-refractivity contribution in [1.82, 2.24) is 0 Å². The summed E-state index contributed by atoms with van der Waals surface area (Å²) in [5.74, 6) is 0.278. The molecule has 1 rings (SSSR count). The maximum Gasteiger partial charge on any atom is 0.159 e. The minimum absolute atomic E-state index is 0.278. The largest absolute Gasteiger partial charge is 0.295 e. The lowest BCUT2D eigenvalue weighted by molar-refractivity contribution is -0.115. The topological polar surface area (TPSA) is 17.1 Å². The van der Waals surface area contributed by atoms with Gasteiger partial charge in [0.2, 0.25) is 0 Å². The summed E-state index contributed by atoms with van der Waals surface area (Å²) in [6.45, 7) is 5.63. The zero-order chi connectivity index (χ0) is 8.97. The molecular weight excluding hydrogens is 148 g/mol. The highest BCUT2D eigenvalue weighted by atomic mass is 16.1. The van der Waals surface area contributed by atoms with Gasteiger partial charge in [-0.05, 0) is 25.3 Å². The fourth-order valence-electron chi connectivity index (χ4n) is 1.35. The molecule has 0 fully saturated rings. The van der Waals surface area contributed by atoms with Gasteiger partial charge in [0.15, 0.2) is 5.78 Å². The van der Waals surface area contributed by atoms with Crippen LogP contribution in [0.3, 0.4) is 0 Å². The van der Waals surface area contributed by atoms with Crippen molar-refractivity contribution in [2.75, 3.05) is 0 Å². The van der Waals surface area contributed by atoms with E-state index < -0.39 is 0 Å². The molecule has 1 heteroatoms. The van der Waals surface area contributed by atoms with Gasteiger partial charge in [-0.15, -0.1) is 6.58 Å². The summed E-state index contributed by atoms with van der Waals surface area (Å²) in [4.78, 5) is 11.3. The monoisotopic (exact) mass is 162 g/mol. The summed E-state index contributed by atoms with van der Waals surface area (Å²) in [6.07, 6.45) is 8.11. The van der Waals surface area contributed by atoms with Gasteiger partial charge >= 0.3 is 0 Å². The van der Waals surface area contributed by atoms with E-state index >= 15 is 0 Å². The van der Waals surface area contributed by atoms with E-state index in [1.807, 2.05) is 13.0 Å². The third-order valence-electron chi connectivity index (χ3n) is 2.09. The van der Waals surface area contributed by atoms with Crippen molar-refractivity contribution < 1.29 is 4.79 Å². The maximum atomic E-state index is 11.3. The Balaban J connectivity index is 2.84. The molecule has 0 amide bonds. The summed E-state index contributed by atoms with van der Waals surface area (Å²) >= 11 is 0. The summed E-state index contributed by atoms with van der Waals surface area (Å²) in [5.41, 5.74) is 2.18. The third-order valence-corrected chi connectivity index (χ3v) is 2.09. The second-order valence-electron chi connectivity index (χ2n) is 2.95. The van der Waals surface area contributed by atoms with Crippen LogP contribution in [0, 0.1) is 0 Å². The van der Waals surface area contributed by atoms with E-state index in [-0.39, 0.29) is 5.78 Å². The van der Waals surface area contributed by atoms with Crippen LogP contribution >= 0.6 is 0 Å². The summed E-state index contributed by atoms with van der Waals surface area (Å²) in [7, 11) is 0. The average molecular weight is 162 g/mol. The number of allylic oxidation sites excluding steroid dienone is 5. The Morgan fingerprint density at radius 2 is 2.33 bits per heavy atom. The predicted molar refractivity (Wildman–Crippen MR) is 50.9 cm³/mol. The SMILES string of the molecule is C=CCC1=CC(=CC)CCC1=O. The lowest BCUT2D eigenvalue weighted by Gasteiger charge is -2.12. The second kappa shape index (κ2) is 4.05. The fourth-order valence-corrected chi connectivity index (χ4v) is 1.35. The van der Waals surface area contributed by atoms with Gasteiger partial charge in [-0.1, -0.05) is 23.8 Å². The first-order valence-electron chi connectivity index (χ1n) is 4.27. The number of hydrogen-bond acceptors (Lipinski definition) is 1. The molecule has 0 N–H and O–H groups in total. The van der Waals surface area contributed by atoms with Crippen molar-refractivity contribution in [3.63, 3.8) is 0 Å². The Kier molecular flexibility index (Phi) is 3.03. The van der Waals surface area contributed by atoms with E-state index in [0.717, 1.165) is 12.0 Å². The van der Waals surface area contributed by atoms with E-state index in [2.05, 4.69) is 12.7 Å². The van der Waals surface area contributed by atoms with Crippen molar-refractivity contribution in [1.29, 1.82) is 0 Å².